The van der Waals surface area contributed by atoms with E-state index in [0.717, 1.165) is 29.9 Å². The number of para-hydroxylation sites is 1. The van der Waals surface area contributed by atoms with Crippen LogP contribution in [0.2, 0.25) is 0 Å². The van der Waals surface area contributed by atoms with Gasteiger partial charge in [-0.05, 0) is 18.2 Å². The summed E-state index contributed by atoms with van der Waals surface area (Å²) in [6.45, 7) is 1.67. The Labute approximate surface area is 173 Å². The SMILES string of the molecule is C(#Cc1ccccc1[N+](Cc1ccccc1)Cc1ccccc1)c1ccccc1. The van der Waals surface area contributed by atoms with E-state index in [1.165, 1.54) is 11.1 Å². The summed E-state index contributed by atoms with van der Waals surface area (Å²) in [5, 5.41) is 0. The van der Waals surface area contributed by atoms with E-state index in [0.29, 0.717) is 0 Å². The van der Waals surface area contributed by atoms with Crippen molar-refractivity contribution in [3.8, 4) is 11.8 Å². The van der Waals surface area contributed by atoms with Gasteiger partial charge in [0.15, 0.2) is 18.8 Å². The third-order valence-electron chi connectivity index (χ3n) is 4.79. The first-order chi connectivity index (χ1) is 14.4. The van der Waals surface area contributed by atoms with Crippen molar-refractivity contribution < 1.29 is 0 Å². The van der Waals surface area contributed by atoms with Crippen molar-refractivity contribution >= 4 is 5.69 Å². The summed E-state index contributed by atoms with van der Waals surface area (Å²) in [6.07, 6.45) is 0. The zero-order valence-corrected chi connectivity index (χ0v) is 16.3. The van der Waals surface area contributed by atoms with Gasteiger partial charge in [0.05, 0.1) is 5.56 Å². The molecule has 4 rings (SSSR count). The molecule has 0 amide bonds. The molecule has 0 spiro atoms. The number of anilines is 1. The van der Waals surface area contributed by atoms with E-state index in [1.807, 2.05) is 30.3 Å². The summed E-state index contributed by atoms with van der Waals surface area (Å²) in [4.78, 5) is 2.40. The van der Waals surface area contributed by atoms with Crippen LogP contribution < -0.4 is 4.90 Å². The molecule has 0 saturated carbocycles. The van der Waals surface area contributed by atoms with E-state index >= 15 is 0 Å². The van der Waals surface area contributed by atoms with Gasteiger partial charge in [0.1, 0.15) is 0 Å². The van der Waals surface area contributed by atoms with Crippen LogP contribution in [0, 0.1) is 11.8 Å². The Bertz CT molecular complexity index is 1050. The molecular formula is C28H23N+. The molecule has 0 atom stereocenters. The molecular weight excluding hydrogens is 350 g/mol. The molecule has 29 heavy (non-hydrogen) atoms. The Hall–Kier alpha value is -3.60. The van der Waals surface area contributed by atoms with Crippen LogP contribution in [0.25, 0.3) is 0 Å². The maximum absolute atomic E-state index is 3.39. The number of nitrogens with zero attached hydrogens (tertiary/aromatic N) is 1. The average molecular weight is 373 g/mol. The summed E-state index contributed by atoms with van der Waals surface area (Å²) in [5.41, 5.74) is 5.80. The van der Waals surface area contributed by atoms with Crippen LogP contribution >= 0.6 is 0 Å². The average Bonchev–Trinajstić information content (AvgIpc) is 2.80. The largest absolute Gasteiger partial charge is 0.197 e. The highest BCUT2D eigenvalue weighted by Crippen LogP contribution is 2.24. The van der Waals surface area contributed by atoms with Crippen LogP contribution in [0.1, 0.15) is 22.3 Å². The lowest BCUT2D eigenvalue weighted by atomic mass is 10.1. The van der Waals surface area contributed by atoms with Crippen LogP contribution in [0.4, 0.5) is 5.69 Å². The molecule has 0 saturated heterocycles. The minimum Gasteiger partial charge on any atom is -0.124 e. The van der Waals surface area contributed by atoms with E-state index in [1.54, 1.807) is 0 Å². The van der Waals surface area contributed by atoms with Gasteiger partial charge in [-0.1, -0.05) is 103 Å². The van der Waals surface area contributed by atoms with Crippen LogP contribution in [-0.4, -0.2) is 0 Å². The molecule has 4 aromatic carbocycles. The highest BCUT2D eigenvalue weighted by Gasteiger charge is 2.23. The quantitative estimate of drug-likeness (QED) is 0.288. The molecule has 0 aliphatic carbocycles. The molecule has 0 aromatic heterocycles. The zero-order valence-electron chi connectivity index (χ0n) is 16.3. The molecule has 1 heteroatoms. The van der Waals surface area contributed by atoms with Gasteiger partial charge in [0.25, 0.3) is 0 Å². The van der Waals surface area contributed by atoms with Gasteiger partial charge in [-0.2, -0.15) is 0 Å². The Morgan fingerprint density at radius 1 is 0.483 bits per heavy atom. The fourth-order valence-corrected chi connectivity index (χ4v) is 3.35. The topological polar surface area (TPSA) is 5.90 Å². The second-order valence-corrected chi connectivity index (χ2v) is 6.96. The fourth-order valence-electron chi connectivity index (χ4n) is 3.35. The van der Waals surface area contributed by atoms with Crippen LogP contribution in [-0.2, 0) is 13.1 Å². The van der Waals surface area contributed by atoms with Gasteiger partial charge in [-0.25, -0.2) is 0 Å². The normalized spacial score (nSPS) is 10.4. The molecule has 0 N–H and O–H groups in total. The molecule has 139 valence electrons. The molecule has 1 radical (unpaired) electrons. The minimum absolute atomic E-state index is 0.833. The first kappa shape index (κ1) is 18.7. The fraction of sp³-hybridized carbons (Fsp3) is 0.0714. The van der Waals surface area contributed by atoms with E-state index < -0.39 is 0 Å². The summed E-state index contributed by atoms with van der Waals surface area (Å²) in [6, 6.07) is 39.8. The number of hydrogen-bond donors (Lipinski definition) is 0. The van der Waals surface area contributed by atoms with Gasteiger partial charge in [0, 0.05) is 22.8 Å². The Balaban J connectivity index is 1.69. The minimum atomic E-state index is 0.833. The van der Waals surface area contributed by atoms with Crippen molar-refractivity contribution in [2.24, 2.45) is 0 Å². The maximum atomic E-state index is 3.39. The monoisotopic (exact) mass is 373 g/mol. The summed E-state index contributed by atoms with van der Waals surface area (Å²) >= 11 is 0. The summed E-state index contributed by atoms with van der Waals surface area (Å²) in [5.74, 6) is 6.70. The standard InChI is InChI=1S/C28H23N/c1-4-12-24(13-5-1)20-21-27-18-10-11-19-28(27)29(22-25-14-6-2-7-15-25)23-26-16-8-3-9-17-26/h1-19H,22-23H2/q+1. The Morgan fingerprint density at radius 2 is 0.966 bits per heavy atom. The molecule has 0 heterocycles. The van der Waals surface area contributed by atoms with Gasteiger partial charge in [-0.3, -0.25) is 0 Å². The molecule has 0 aliphatic rings. The Kier molecular flexibility index (Phi) is 6.18. The van der Waals surface area contributed by atoms with Gasteiger partial charge in [-0.15, -0.1) is 4.90 Å². The van der Waals surface area contributed by atoms with Crippen molar-refractivity contribution in [2.45, 2.75) is 13.1 Å². The van der Waals surface area contributed by atoms with Crippen LogP contribution in [0.15, 0.2) is 115 Å². The smallest absolute Gasteiger partial charge is 0.124 e. The first-order valence-electron chi connectivity index (χ1n) is 9.87. The molecule has 4 aromatic rings. The van der Waals surface area contributed by atoms with Gasteiger partial charge in [0.2, 0.25) is 0 Å². The van der Waals surface area contributed by atoms with E-state index in [-0.39, 0.29) is 0 Å². The molecule has 1 nitrogen and oxygen atoms in total. The number of rotatable bonds is 5. The second-order valence-electron chi connectivity index (χ2n) is 6.96. The molecule has 0 bridgehead atoms. The third-order valence-corrected chi connectivity index (χ3v) is 4.79. The Morgan fingerprint density at radius 3 is 1.55 bits per heavy atom. The lowest BCUT2D eigenvalue weighted by Gasteiger charge is -2.14. The van der Waals surface area contributed by atoms with Crippen molar-refractivity contribution in [3.05, 3.63) is 138 Å². The van der Waals surface area contributed by atoms with Crippen molar-refractivity contribution in [3.63, 3.8) is 0 Å². The first-order valence-corrected chi connectivity index (χ1v) is 9.87. The van der Waals surface area contributed by atoms with Crippen molar-refractivity contribution in [1.82, 2.24) is 4.90 Å². The van der Waals surface area contributed by atoms with E-state index in [9.17, 15) is 0 Å². The van der Waals surface area contributed by atoms with Crippen molar-refractivity contribution in [1.29, 1.82) is 0 Å². The number of benzene rings is 4. The predicted molar refractivity (Wildman–Crippen MR) is 121 cm³/mol. The lowest BCUT2D eigenvalue weighted by Crippen LogP contribution is -2.24. The van der Waals surface area contributed by atoms with Crippen LogP contribution in [0.5, 0.6) is 0 Å². The number of hydrogen-bond acceptors (Lipinski definition) is 1. The zero-order chi connectivity index (χ0) is 19.7. The predicted octanol–water partition coefficient (Wildman–Crippen LogP) is 6.26. The van der Waals surface area contributed by atoms with E-state index in [4.69, 9.17) is 0 Å². The highest BCUT2D eigenvalue weighted by molar-refractivity contribution is 5.58. The van der Waals surface area contributed by atoms with Gasteiger partial charge >= 0.3 is 0 Å². The molecule has 0 fully saturated rings. The summed E-state index contributed by atoms with van der Waals surface area (Å²) < 4.78 is 0. The van der Waals surface area contributed by atoms with Crippen molar-refractivity contribution in [2.75, 3.05) is 0 Å². The highest BCUT2D eigenvalue weighted by atomic mass is 15.1. The molecule has 0 aliphatic heterocycles. The maximum Gasteiger partial charge on any atom is 0.197 e. The molecule has 0 unspecified atom stereocenters. The van der Waals surface area contributed by atoms with Gasteiger partial charge < -0.3 is 0 Å². The second kappa shape index (κ2) is 9.55. The summed E-state index contributed by atoms with van der Waals surface area (Å²) in [7, 11) is 0. The lowest BCUT2D eigenvalue weighted by molar-refractivity contribution is 0.522. The third kappa shape index (κ3) is 5.23. The van der Waals surface area contributed by atoms with Crippen LogP contribution in [0.3, 0.4) is 0 Å². The van der Waals surface area contributed by atoms with E-state index in [2.05, 4.69) is 102 Å².